The average Bonchev–Trinajstić information content (AvgIpc) is 3.25. The highest BCUT2D eigenvalue weighted by Crippen LogP contribution is 2.46. The highest BCUT2D eigenvalue weighted by atomic mass is 16.4. The molecular formula is C16H18N2O4. The van der Waals surface area contributed by atoms with Crippen molar-refractivity contribution >= 4 is 23.5 Å². The van der Waals surface area contributed by atoms with E-state index in [9.17, 15) is 14.4 Å². The number of amides is 2. The van der Waals surface area contributed by atoms with E-state index < -0.39 is 23.3 Å². The average molecular weight is 302 g/mol. The van der Waals surface area contributed by atoms with Gasteiger partial charge in [0.1, 0.15) is 11.5 Å². The fourth-order valence-corrected chi connectivity index (χ4v) is 2.98. The molecule has 116 valence electrons. The largest absolute Gasteiger partial charge is 0.480 e. The molecule has 0 bridgehead atoms. The van der Waals surface area contributed by atoms with E-state index in [2.05, 4.69) is 5.32 Å². The number of carbonyl (C=O) groups excluding carboxylic acids is 2. The van der Waals surface area contributed by atoms with Crippen LogP contribution in [0.1, 0.15) is 26.2 Å². The number of carboxylic acid groups (broad SMARTS) is 1. The summed E-state index contributed by atoms with van der Waals surface area (Å²) in [6, 6.07) is 8.57. The van der Waals surface area contributed by atoms with E-state index in [0.29, 0.717) is 19.3 Å². The molecule has 1 heterocycles. The Morgan fingerprint density at radius 2 is 1.91 bits per heavy atom. The molecule has 2 aliphatic rings. The van der Waals surface area contributed by atoms with Crippen molar-refractivity contribution in [3.63, 3.8) is 0 Å². The van der Waals surface area contributed by atoms with Gasteiger partial charge in [-0.3, -0.25) is 14.4 Å². The van der Waals surface area contributed by atoms with Gasteiger partial charge in [-0.2, -0.15) is 0 Å². The van der Waals surface area contributed by atoms with E-state index >= 15 is 0 Å². The number of rotatable bonds is 4. The summed E-state index contributed by atoms with van der Waals surface area (Å²) in [4.78, 5) is 37.5. The van der Waals surface area contributed by atoms with Crippen molar-refractivity contribution in [2.24, 2.45) is 5.41 Å². The van der Waals surface area contributed by atoms with Crippen LogP contribution in [-0.4, -0.2) is 35.0 Å². The molecule has 2 amide bonds. The van der Waals surface area contributed by atoms with E-state index in [1.807, 2.05) is 37.3 Å². The van der Waals surface area contributed by atoms with Crippen LogP contribution in [0, 0.1) is 5.41 Å². The minimum atomic E-state index is -1.32. The minimum absolute atomic E-state index is 0.0415. The molecule has 1 aromatic carbocycles. The third kappa shape index (κ3) is 2.24. The Kier molecular flexibility index (Phi) is 3.39. The van der Waals surface area contributed by atoms with Gasteiger partial charge in [-0.05, 0) is 38.3 Å². The molecule has 1 aliphatic heterocycles. The quantitative estimate of drug-likeness (QED) is 0.817. The van der Waals surface area contributed by atoms with Crippen molar-refractivity contribution < 1.29 is 19.5 Å². The van der Waals surface area contributed by atoms with Crippen LogP contribution >= 0.6 is 0 Å². The second kappa shape index (κ2) is 5.12. The number of hydrogen-bond donors (Lipinski definition) is 2. The summed E-state index contributed by atoms with van der Waals surface area (Å²) >= 11 is 0. The first kappa shape index (κ1) is 14.6. The molecule has 1 aromatic rings. The standard InChI is InChI=1S/C16H18N2O4/c1-10-9-12(17-14(20)16(7-8-16)15(21)22)13(19)18(10)11-5-3-2-4-6-11/h2-6,10,12H,7-9H2,1H3,(H,17,20)(H,21,22)/t10-,12-/m0/s1. The van der Waals surface area contributed by atoms with Gasteiger partial charge in [0.05, 0.1) is 0 Å². The van der Waals surface area contributed by atoms with Gasteiger partial charge in [0.15, 0.2) is 0 Å². The third-order valence-electron chi connectivity index (χ3n) is 4.49. The number of carboxylic acids is 1. The number of nitrogens with one attached hydrogen (secondary N) is 1. The van der Waals surface area contributed by atoms with E-state index in [-0.39, 0.29) is 11.9 Å². The second-order valence-electron chi connectivity index (χ2n) is 6.04. The maximum Gasteiger partial charge on any atom is 0.319 e. The lowest BCUT2D eigenvalue weighted by atomic mass is 10.1. The van der Waals surface area contributed by atoms with Crippen molar-refractivity contribution in [1.82, 2.24) is 5.32 Å². The molecule has 2 atom stereocenters. The van der Waals surface area contributed by atoms with Gasteiger partial charge in [0.2, 0.25) is 11.8 Å². The molecule has 0 unspecified atom stereocenters. The van der Waals surface area contributed by atoms with Crippen LogP contribution in [0.5, 0.6) is 0 Å². The van der Waals surface area contributed by atoms with Crippen LogP contribution in [0.15, 0.2) is 30.3 Å². The Morgan fingerprint density at radius 1 is 1.27 bits per heavy atom. The van der Waals surface area contributed by atoms with Crippen LogP contribution < -0.4 is 10.2 Å². The highest BCUT2D eigenvalue weighted by Gasteiger charge is 2.58. The first-order valence-corrected chi connectivity index (χ1v) is 7.38. The molecule has 0 spiro atoms. The Bertz CT molecular complexity index is 624. The van der Waals surface area contributed by atoms with E-state index in [1.165, 1.54) is 0 Å². The lowest BCUT2D eigenvalue weighted by Gasteiger charge is -2.21. The van der Waals surface area contributed by atoms with Gasteiger partial charge in [-0.15, -0.1) is 0 Å². The number of hydrogen-bond acceptors (Lipinski definition) is 3. The van der Waals surface area contributed by atoms with E-state index in [0.717, 1.165) is 5.69 Å². The fraction of sp³-hybridized carbons (Fsp3) is 0.438. The third-order valence-corrected chi connectivity index (χ3v) is 4.49. The molecule has 2 N–H and O–H groups in total. The van der Waals surface area contributed by atoms with Gasteiger partial charge in [0.25, 0.3) is 0 Å². The van der Waals surface area contributed by atoms with E-state index in [4.69, 9.17) is 5.11 Å². The number of carbonyl (C=O) groups is 3. The summed E-state index contributed by atoms with van der Waals surface area (Å²) in [5, 5.41) is 11.8. The number of para-hydroxylation sites is 1. The van der Waals surface area contributed by atoms with Crippen LogP contribution in [0.3, 0.4) is 0 Å². The summed E-state index contributed by atoms with van der Waals surface area (Å²) in [5.74, 6) is -1.84. The van der Waals surface area contributed by atoms with Crippen molar-refractivity contribution in [2.75, 3.05) is 4.90 Å². The lowest BCUT2D eigenvalue weighted by molar-refractivity contribution is -0.149. The zero-order valence-corrected chi connectivity index (χ0v) is 12.3. The molecule has 3 rings (SSSR count). The summed E-state index contributed by atoms with van der Waals surface area (Å²) in [5.41, 5.74) is -0.528. The normalized spacial score (nSPS) is 25.9. The van der Waals surface area contributed by atoms with Gasteiger partial charge in [0, 0.05) is 11.7 Å². The molecule has 1 aliphatic carbocycles. The lowest BCUT2D eigenvalue weighted by Crippen LogP contribution is -2.46. The Morgan fingerprint density at radius 3 is 2.45 bits per heavy atom. The molecule has 6 heteroatoms. The first-order chi connectivity index (χ1) is 10.5. The second-order valence-corrected chi connectivity index (χ2v) is 6.04. The fourth-order valence-electron chi connectivity index (χ4n) is 2.98. The van der Waals surface area contributed by atoms with Gasteiger partial charge in [-0.25, -0.2) is 0 Å². The Hall–Kier alpha value is -2.37. The summed E-state index contributed by atoms with van der Waals surface area (Å²) < 4.78 is 0. The highest BCUT2D eigenvalue weighted by molar-refractivity contribution is 6.08. The molecule has 22 heavy (non-hydrogen) atoms. The van der Waals surface area contributed by atoms with Crippen molar-refractivity contribution in [1.29, 1.82) is 0 Å². The maximum absolute atomic E-state index is 12.5. The van der Waals surface area contributed by atoms with E-state index in [1.54, 1.807) is 4.90 Å². The number of aliphatic carboxylic acids is 1. The molecule has 6 nitrogen and oxygen atoms in total. The smallest absolute Gasteiger partial charge is 0.319 e. The predicted molar refractivity (Wildman–Crippen MR) is 79.2 cm³/mol. The van der Waals surface area contributed by atoms with Crippen LogP contribution in [0.25, 0.3) is 0 Å². The van der Waals surface area contributed by atoms with Crippen molar-refractivity contribution in [3.05, 3.63) is 30.3 Å². The molecule has 0 aromatic heterocycles. The first-order valence-electron chi connectivity index (χ1n) is 7.38. The summed E-state index contributed by atoms with van der Waals surface area (Å²) in [6.07, 6.45) is 1.16. The van der Waals surface area contributed by atoms with Gasteiger partial charge >= 0.3 is 5.97 Å². The topological polar surface area (TPSA) is 86.7 Å². The summed E-state index contributed by atoms with van der Waals surface area (Å²) in [6.45, 7) is 1.92. The van der Waals surface area contributed by atoms with Crippen LogP contribution in [0.2, 0.25) is 0 Å². The molecule has 2 fully saturated rings. The van der Waals surface area contributed by atoms with Gasteiger partial charge < -0.3 is 15.3 Å². The number of anilines is 1. The molecule has 0 radical (unpaired) electrons. The van der Waals surface area contributed by atoms with Crippen LogP contribution in [-0.2, 0) is 14.4 Å². The maximum atomic E-state index is 12.5. The van der Waals surface area contributed by atoms with Crippen molar-refractivity contribution in [2.45, 2.75) is 38.3 Å². The Labute approximate surface area is 128 Å². The Balaban J connectivity index is 1.73. The molecule has 1 saturated carbocycles. The zero-order chi connectivity index (χ0) is 15.9. The monoisotopic (exact) mass is 302 g/mol. The van der Waals surface area contributed by atoms with Gasteiger partial charge in [-0.1, -0.05) is 18.2 Å². The zero-order valence-electron chi connectivity index (χ0n) is 12.3. The predicted octanol–water partition coefficient (Wildman–Crippen LogP) is 1.16. The molecule has 1 saturated heterocycles. The van der Waals surface area contributed by atoms with Crippen LogP contribution in [0.4, 0.5) is 5.69 Å². The van der Waals surface area contributed by atoms with Crippen molar-refractivity contribution in [3.8, 4) is 0 Å². The summed E-state index contributed by atoms with van der Waals surface area (Å²) in [7, 11) is 0. The minimum Gasteiger partial charge on any atom is -0.480 e. The molecular weight excluding hydrogens is 284 g/mol. The SMILES string of the molecule is C[C@H]1C[C@H](NC(=O)C2(C(=O)O)CC2)C(=O)N1c1ccccc1. The number of nitrogens with zero attached hydrogens (tertiary/aromatic N) is 1. The number of benzene rings is 1.